The highest BCUT2D eigenvalue weighted by Crippen LogP contribution is 2.23. The van der Waals surface area contributed by atoms with E-state index in [2.05, 4.69) is 11.4 Å². The molecule has 0 heterocycles. The third-order valence-electron chi connectivity index (χ3n) is 2.06. The molecule has 0 aliphatic carbocycles. The van der Waals surface area contributed by atoms with Crippen LogP contribution in [0.4, 0.5) is 4.39 Å². The topological polar surface area (TPSA) is 45.0 Å². The van der Waals surface area contributed by atoms with Gasteiger partial charge in [-0.15, -0.1) is 0 Å². The number of rotatable bonds is 5. The summed E-state index contributed by atoms with van der Waals surface area (Å²) in [7, 11) is 1.58. The molecule has 16 heavy (non-hydrogen) atoms. The number of halogens is 2. The first-order chi connectivity index (χ1) is 7.69. The monoisotopic (exact) mass is 242 g/mol. The van der Waals surface area contributed by atoms with Crippen LogP contribution >= 0.6 is 11.6 Å². The number of hydrogen-bond donors (Lipinski definition) is 1. The van der Waals surface area contributed by atoms with E-state index in [4.69, 9.17) is 21.6 Å². The number of nitrogens with zero attached hydrogens (tertiary/aromatic N) is 1. The molecule has 1 aromatic rings. The molecule has 0 aromatic heterocycles. The Kier molecular flexibility index (Phi) is 5.20. The van der Waals surface area contributed by atoms with Gasteiger partial charge in [-0.05, 0) is 12.1 Å². The lowest BCUT2D eigenvalue weighted by Gasteiger charge is -2.12. The van der Waals surface area contributed by atoms with Crippen molar-refractivity contribution in [2.75, 3.05) is 20.3 Å². The van der Waals surface area contributed by atoms with Gasteiger partial charge in [0.25, 0.3) is 0 Å². The van der Waals surface area contributed by atoms with Gasteiger partial charge in [-0.3, -0.25) is 5.32 Å². The maximum Gasteiger partial charge on any atom is 0.124 e. The molecule has 0 saturated carbocycles. The molecule has 0 amide bonds. The summed E-state index contributed by atoms with van der Waals surface area (Å²) >= 11 is 5.85. The van der Waals surface area contributed by atoms with Crippen molar-refractivity contribution in [2.24, 2.45) is 0 Å². The Hall–Kier alpha value is -1.15. The Morgan fingerprint density at radius 2 is 2.38 bits per heavy atom. The quantitative estimate of drug-likeness (QED) is 0.806. The van der Waals surface area contributed by atoms with Crippen molar-refractivity contribution < 1.29 is 9.13 Å². The van der Waals surface area contributed by atoms with Crippen LogP contribution in [0.1, 0.15) is 11.6 Å². The van der Waals surface area contributed by atoms with Crippen LogP contribution in [0.3, 0.4) is 0 Å². The fraction of sp³-hybridized carbons (Fsp3) is 0.364. The minimum atomic E-state index is -0.553. The lowest BCUT2D eigenvalue weighted by Crippen LogP contribution is -2.24. The molecule has 0 fully saturated rings. The maximum absolute atomic E-state index is 12.8. The van der Waals surface area contributed by atoms with E-state index in [9.17, 15) is 4.39 Å². The molecule has 86 valence electrons. The van der Waals surface area contributed by atoms with Gasteiger partial charge in [0.2, 0.25) is 0 Å². The minimum absolute atomic E-state index is 0.247. The first-order valence-electron chi connectivity index (χ1n) is 4.76. The van der Waals surface area contributed by atoms with Crippen LogP contribution in [0.25, 0.3) is 0 Å². The molecule has 1 rings (SSSR count). The second-order valence-corrected chi connectivity index (χ2v) is 3.58. The molecule has 0 radical (unpaired) electrons. The smallest absolute Gasteiger partial charge is 0.124 e. The van der Waals surface area contributed by atoms with Crippen molar-refractivity contribution in [1.29, 1.82) is 5.26 Å². The number of hydrogen-bond acceptors (Lipinski definition) is 3. The average molecular weight is 243 g/mol. The van der Waals surface area contributed by atoms with Crippen molar-refractivity contribution in [3.63, 3.8) is 0 Å². The Labute approximate surface area is 98.8 Å². The lowest BCUT2D eigenvalue weighted by atomic mass is 10.1. The van der Waals surface area contributed by atoms with Gasteiger partial charge in [0.05, 0.1) is 12.7 Å². The molecule has 0 bridgehead atoms. The molecular formula is C11H12ClFN2O. The maximum atomic E-state index is 12.8. The molecule has 0 aliphatic heterocycles. The summed E-state index contributed by atoms with van der Waals surface area (Å²) < 4.78 is 17.7. The SMILES string of the molecule is COCCNC(C#N)c1ccc(F)cc1Cl. The second-order valence-electron chi connectivity index (χ2n) is 3.17. The molecule has 1 aromatic carbocycles. The van der Waals surface area contributed by atoms with Crippen LogP contribution in [0.2, 0.25) is 5.02 Å². The van der Waals surface area contributed by atoms with Crippen LogP contribution < -0.4 is 5.32 Å². The van der Waals surface area contributed by atoms with Gasteiger partial charge in [-0.2, -0.15) is 5.26 Å². The van der Waals surface area contributed by atoms with Crippen molar-refractivity contribution in [2.45, 2.75) is 6.04 Å². The van der Waals surface area contributed by atoms with Gasteiger partial charge < -0.3 is 4.74 Å². The zero-order valence-corrected chi connectivity index (χ0v) is 9.59. The number of nitriles is 1. The normalized spacial score (nSPS) is 12.1. The summed E-state index contributed by atoms with van der Waals surface area (Å²) in [5.41, 5.74) is 0.571. The molecule has 0 saturated heterocycles. The van der Waals surface area contributed by atoms with E-state index >= 15 is 0 Å². The van der Waals surface area contributed by atoms with Crippen LogP contribution in [0.5, 0.6) is 0 Å². The third kappa shape index (κ3) is 3.46. The van der Waals surface area contributed by atoms with E-state index in [1.807, 2.05) is 0 Å². The van der Waals surface area contributed by atoms with Gasteiger partial charge >= 0.3 is 0 Å². The average Bonchev–Trinajstić information content (AvgIpc) is 2.26. The Morgan fingerprint density at radius 3 is 2.94 bits per heavy atom. The zero-order chi connectivity index (χ0) is 12.0. The summed E-state index contributed by atoms with van der Waals surface area (Å²) in [6, 6.07) is 5.49. The van der Waals surface area contributed by atoms with Gasteiger partial charge in [-0.25, -0.2) is 4.39 Å². The van der Waals surface area contributed by atoms with E-state index in [0.717, 1.165) is 0 Å². The standard InChI is InChI=1S/C11H12ClFN2O/c1-16-5-4-15-11(7-14)9-3-2-8(13)6-10(9)12/h2-3,6,11,15H,4-5H2,1H3. The number of methoxy groups -OCH3 is 1. The molecule has 3 nitrogen and oxygen atoms in total. The summed E-state index contributed by atoms with van der Waals surface area (Å²) in [6.07, 6.45) is 0. The lowest BCUT2D eigenvalue weighted by molar-refractivity contribution is 0.198. The predicted octanol–water partition coefficient (Wildman–Crippen LogP) is 2.28. The van der Waals surface area contributed by atoms with Crippen molar-refractivity contribution in [3.05, 3.63) is 34.6 Å². The minimum Gasteiger partial charge on any atom is -0.383 e. The highest BCUT2D eigenvalue weighted by atomic mass is 35.5. The van der Waals surface area contributed by atoms with Crippen molar-refractivity contribution >= 4 is 11.6 Å². The van der Waals surface area contributed by atoms with Crippen LogP contribution in [-0.4, -0.2) is 20.3 Å². The summed E-state index contributed by atoms with van der Waals surface area (Å²) in [4.78, 5) is 0. The molecule has 0 spiro atoms. The fourth-order valence-electron chi connectivity index (χ4n) is 1.27. The van der Waals surface area contributed by atoms with Gasteiger partial charge in [0.1, 0.15) is 11.9 Å². The summed E-state index contributed by atoms with van der Waals surface area (Å²) in [5.74, 6) is -0.415. The van der Waals surface area contributed by atoms with E-state index in [-0.39, 0.29) is 5.02 Å². The Bertz CT molecular complexity index is 392. The van der Waals surface area contributed by atoms with E-state index in [1.54, 1.807) is 7.11 Å². The number of benzene rings is 1. The van der Waals surface area contributed by atoms with E-state index < -0.39 is 11.9 Å². The first kappa shape index (κ1) is 12.9. The summed E-state index contributed by atoms with van der Waals surface area (Å²) in [6.45, 7) is 1.03. The van der Waals surface area contributed by atoms with E-state index in [1.165, 1.54) is 18.2 Å². The van der Waals surface area contributed by atoms with Crippen LogP contribution in [0, 0.1) is 17.1 Å². The second kappa shape index (κ2) is 6.44. The molecule has 5 heteroatoms. The van der Waals surface area contributed by atoms with Crippen LogP contribution in [0.15, 0.2) is 18.2 Å². The largest absolute Gasteiger partial charge is 0.383 e. The molecular weight excluding hydrogens is 231 g/mol. The number of nitrogens with one attached hydrogen (secondary N) is 1. The van der Waals surface area contributed by atoms with E-state index in [0.29, 0.717) is 18.7 Å². The molecule has 1 unspecified atom stereocenters. The highest BCUT2D eigenvalue weighted by Gasteiger charge is 2.13. The first-order valence-corrected chi connectivity index (χ1v) is 5.13. The highest BCUT2D eigenvalue weighted by molar-refractivity contribution is 6.31. The van der Waals surface area contributed by atoms with Crippen LogP contribution in [-0.2, 0) is 4.74 Å². The third-order valence-corrected chi connectivity index (χ3v) is 2.38. The van der Waals surface area contributed by atoms with Crippen molar-refractivity contribution in [3.8, 4) is 6.07 Å². The fourth-order valence-corrected chi connectivity index (χ4v) is 1.54. The molecule has 0 aliphatic rings. The number of ether oxygens (including phenoxy) is 1. The Balaban J connectivity index is 2.76. The predicted molar refractivity (Wildman–Crippen MR) is 59.6 cm³/mol. The summed E-state index contributed by atoms with van der Waals surface area (Å²) in [5, 5.41) is 12.2. The molecule has 1 atom stereocenters. The zero-order valence-electron chi connectivity index (χ0n) is 8.84. The van der Waals surface area contributed by atoms with Gasteiger partial charge in [0.15, 0.2) is 0 Å². The molecule has 1 N–H and O–H groups in total. The van der Waals surface area contributed by atoms with Gasteiger partial charge in [-0.1, -0.05) is 17.7 Å². The Morgan fingerprint density at radius 1 is 1.62 bits per heavy atom. The van der Waals surface area contributed by atoms with Gasteiger partial charge in [0, 0.05) is 24.2 Å². The van der Waals surface area contributed by atoms with Crippen molar-refractivity contribution in [1.82, 2.24) is 5.32 Å².